The molecule has 1 fully saturated rings. The van der Waals surface area contributed by atoms with E-state index in [4.69, 9.17) is 17.0 Å². The van der Waals surface area contributed by atoms with E-state index in [1.807, 2.05) is 36.4 Å². The maximum atomic E-state index is 12.7. The van der Waals surface area contributed by atoms with Gasteiger partial charge in [0.05, 0.1) is 23.4 Å². The second kappa shape index (κ2) is 6.29. The fraction of sp³-hybridized carbons (Fsp3) is 0.0625. The molecule has 0 spiro atoms. The van der Waals surface area contributed by atoms with E-state index in [2.05, 4.69) is 4.98 Å². The van der Waals surface area contributed by atoms with Gasteiger partial charge in [0.1, 0.15) is 5.75 Å². The Labute approximate surface area is 137 Å². The van der Waals surface area contributed by atoms with Crippen LogP contribution in [0.2, 0.25) is 0 Å². The molecule has 1 saturated heterocycles. The maximum Gasteiger partial charge on any atom is 0.270 e. The molecular formula is C16H12N2O2S2. The quantitative estimate of drug-likeness (QED) is 0.637. The molecule has 0 N–H and O–H groups in total. The second-order valence-corrected chi connectivity index (χ2v) is 6.12. The second-order valence-electron chi connectivity index (χ2n) is 4.44. The zero-order valence-corrected chi connectivity index (χ0v) is 13.4. The van der Waals surface area contributed by atoms with E-state index >= 15 is 0 Å². The Morgan fingerprint density at radius 3 is 2.73 bits per heavy atom. The van der Waals surface area contributed by atoms with Crippen molar-refractivity contribution in [2.24, 2.45) is 0 Å². The van der Waals surface area contributed by atoms with Crippen LogP contribution in [0.15, 0.2) is 53.6 Å². The highest BCUT2D eigenvalue weighted by molar-refractivity contribution is 8.27. The van der Waals surface area contributed by atoms with Crippen LogP contribution in [0.1, 0.15) is 5.69 Å². The van der Waals surface area contributed by atoms with Gasteiger partial charge in [0.2, 0.25) is 0 Å². The van der Waals surface area contributed by atoms with E-state index < -0.39 is 0 Å². The molecule has 1 aliphatic heterocycles. The molecule has 6 heteroatoms. The third kappa shape index (κ3) is 2.75. The summed E-state index contributed by atoms with van der Waals surface area (Å²) < 4.78 is 5.80. The lowest BCUT2D eigenvalue weighted by Crippen LogP contribution is -2.27. The highest BCUT2D eigenvalue weighted by Gasteiger charge is 2.34. The number of benzene rings is 1. The van der Waals surface area contributed by atoms with Crippen molar-refractivity contribution in [3.8, 4) is 5.75 Å². The molecule has 1 amide bonds. The fourth-order valence-corrected chi connectivity index (χ4v) is 3.36. The molecule has 22 heavy (non-hydrogen) atoms. The maximum absolute atomic E-state index is 12.7. The SMILES string of the molecule is COc1ccccc1N1C(=O)/C(=C/c2ccccn2)SC1=S. The average molecular weight is 328 g/mol. The Kier molecular flexibility index (Phi) is 4.22. The van der Waals surface area contributed by atoms with Crippen LogP contribution in [0.25, 0.3) is 6.08 Å². The van der Waals surface area contributed by atoms with Crippen molar-refractivity contribution >= 4 is 46.0 Å². The van der Waals surface area contributed by atoms with Crippen LogP contribution in [0.5, 0.6) is 5.75 Å². The predicted molar refractivity (Wildman–Crippen MR) is 92.9 cm³/mol. The first-order valence-corrected chi connectivity index (χ1v) is 7.75. The summed E-state index contributed by atoms with van der Waals surface area (Å²) in [6, 6.07) is 12.9. The first kappa shape index (κ1) is 14.7. The number of nitrogens with zero attached hydrogens (tertiary/aromatic N) is 2. The number of rotatable bonds is 3. The molecule has 110 valence electrons. The van der Waals surface area contributed by atoms with Crippen molar-refractivity contribution in [2.45, 2.75) is 0 Å². The Morgan fingerprint density at radius 2 is 2.00 bits per heavy atom. The third-order valence-electron chi connectivity index (χ3n) is 3.09. The number of hydrogen-bond donors (Lipinski definition) is 0. The minimum absolute atomic E-state index is 0.162. The number of hydrogen-bond acceptors (Lipinski definition) is 5. The Morgan fingerprint density at radius 1 is 1.23 bits per heavy atom. The first-order chi connectivity index (χ1) is 10.7. The van der Waals surface area contributed by atoms with E-state index in [0.29, 0.717) is 20.7 Å². The number of carbonyl (C=O) groups excluding carboxylic acids is 1. The summed E-state index contributed by atoms with van der Waals surface area (Å²) >= 11 is 6.62. The van der Waals surface area contributed by atoms with Gasteiger partial charge in [0, 0.05) is 6.20 Å². The van der Waals surface area contributed by atoms with E-state index in [1.165, 1.54) is 16.7 Å². The molecule has 3 rings (SSSR count). The molecule has 2 heterocycles. The minimum Gasteiger partial charge on any atom is -0.495 e. The molecule has 1 aromatic carbocycles. The molecule has 4 nitrogen and oxygen atoms in total. The van der Waals surface area contributed by atoms with Crippen LogP contribution < -0.4 is 9.64 Å². The lowest BCUT2D eigenvalue weighted by Gasteiger charge is -2.17. The standard InChI is InChI=1S/C16H12N2O2S2/c1-20-13-8-3-2-7-12(13)18-15(19)14(22-16(18)21)10-11-6-4-5-9-17-11/h2-10H,1H3/b14-10-. The Bertz CT molecular complexity index is 760. The highest BCUT2D eigenvalue weighted by atomic mass is 32.2. The number of anilines is 1. The number of aromatic nitrogens is 1. The normalized spacial score (nSPS) is 16.4. The van der Waals surface area contributed by atoms with Crippen molar-refractivity contribution in [1.29, 1.82) is 0 Å². The van der Waals surface area contributed by atoms with Crippen LogP contribution in [-0.4, -0.2) is 22.3 Å². The molecule has 2 aromatic rings. The molecule has 0 aliphatic carbocycles. The number of para-hydroxylation sites is 2. The van der Waals surface area contributed by atoms with Gasteiger partial charge < -0.3 is 4.74 Å². The highest BCUT2D eigenvalue weighted by Crippen LogP contribution is 2.39. The van der Waals surface area contributed by atoms with Crippen molar-refractivity contribution in [3.63, 3.8) is 0 Å². The van der Waals surface area contributed by atoms with Gasteiger partial charge in [-0.05, 0) is 30.3 Å². The summed E-state index contributed by atoms with van der Waals surface area (Å²) in [4.78, 5) is 18.9. The van der Waals surface area contributed by atoms with Crippen molar-refractivity contribution < 1.29 is 9.53 Å². The van der Waals surface area contributed by atoms with Crippen molar-refractivity contribution in [1.82, 2.24) is 4.98 Å². The van der Waals surface area contributed by atoms with Crippen molar-refractivity contribution in [3.05, 3.63) is 59.3 Å². The van der Waals surface area contributed by atoms with Gasteiger partial charge in [-0.2, -0.15) is 0 Å². The van der Waals surface area contributed by atoms with Gasteiger partial charge in [0.15, 0.2) is 4.32 Å². The van der Waals surface area contributed by atoms with Crippen LogP contribution in [0.4, 0.5) is 5.69 Å². The molecule has 0 saturated carbocycles. The Hall–Kier alpha value is -2.18. The van der Waals surface area contributed by atoms with Gasteiger partial charge >= 0.3 is 0 Å². The number of pyridine rings is 1. The summed E-state index contributed by atoms with van der Waals surface area (Å²) in [7, 11) is 1.57. The molecule has 0 unspecified atom stereocenters. The summed E-state index contributed by atoms with van der Waals surface area (Å²) in [5.74, 6) is 0.447. The summed E-state index contributed by atoms with van der Waals surface area (Å²) in [6.45, 7) is 0. The summed E-state index contributed by atoms with van der Waals surface area (Å²) in [5, 5.41) is 0. The third-order valence-corrected chi connectivity index (χ3v) is 4.39. The van der Waals surface area contributed by atoms with Crippen LogP contribution in [-0.2, 0) is 4.79 Å². The zero-order chi connectivity index (χ0) is 15.5. The lowest BCUT2D eigenvalue weighted by atomic mass is 10.2. The minimum atomic E-state index is -0.162. The van der Waals surface area contributed by atoms with Gasteiger partial charge in [-0.25, -0.2) is 0 Å². The van der Waals surface area contributed by atoms with E-state index in [0.717, 1.165) is 5.69 Å². The summed E-state index contributed by atoms with van der Waals surface area (Å²) in [5.41, 5.74) is 1.37. The number of carbonyl (C=O) groups is 1. The molecule has 0 bridgehead atoms. The van der Waals surface area contributed by atoms with E-state index in [1.54, 1.807) is 25.4 Å². The van der Waals surface area contributed by atoms with E-state index in [-0.39, 0.29) is 5.91 Å². The molecule has 1 aliphatic rings. The number of thiocarbonyl (C=S) groups is 1. The number of thioether (sulfide) groups is 1. The van der Waals surface area contributed by atoms with Crippen LogP contribution in [0.3, 0.4) is 0 Å². The molecule has 0 radical (unpaired) electrons. The lowest BCUT2D eigenvalue weighted by molar-refractivity contribution is -0.113. The largest absolute Gasteiger partial charge is 0.495 e. The summed E-state index contributed by atoms with van der Waals surface area (Å²) in [6.07, 6.45) is 3.43. The molecule has 0 atom stereocenters. The van der Waals surface area contributed by atoms with E-state index in [9.17, 15) is 4.79 Å². The van der Waals surface area contributed by atoms with Gasteiger partial charge in [-0.15, -0.1) is 0 Å². The van der Waals surface area contributed by atoms with Gasteiger partial charge in [-0.1, -0.05) is 42.2 Å². The van der Waals surface area contributed by atoms with Crippen LogP contribution >= 0.6 is 24.0 Å². The predicted octanol–water partition coefficient (Wildman–Crippen LogP) is 3.50. The number of methoxy groups -OCH3 is 1. The van der Waals surface area contributed by atoms with Gasteiger partial charge in [0.25, 0.3) is 5.91 Å². The monoisotopic (exact) mass is 328 g/mol. The fourth-order valence-electron chi connectivity index (χ4n) is 2.09. The number of amides is 1. The Balaban J connectivity index is 1.97. The topological polar surface area (TPSA) is 42.4 Å². The number of ether oxygens (including phenoxy) is 1. The van der Waals surface area contributed by atoms with Crippen molar-refractivity contribution in [2.75, 3.05) is 12.0 Å². The zero-order valence-electron chi connectivity index (χ0n) is 11.7. The average Bonchev–Trinajstić information content (AvgIpc) is 2.82. The smallest absolute Gasteiger partial charge is 0.270 e. The first-order valence-electron chi connectivity index (χ1n) is 6.52. The van der Waals surface area contributed by atoms with Crippen LogP contribution in [0, 0.1) is 0 Å². The molecular weight excluding hydrogens is 316 g/mol. The van der Waals surface area contributed by atoms with Gasteiger partial charge in [-0.3, -0.25) is 14.7 Å². The molecule has 1 aromatic heterocycles.